The number of nitrogens with zero attached hydrogens (tertiary/aromatic N) is 5. The first-order valence-electron chi connectivity index (χ1n) is 10.8. The summed E-state index contributed by atoms with van der Waals surface area (Å²) in [5.74, 6) is -0.0941. The molecule has 4 rings (SSSR count). The van der Waals surface area contributed by atoms with Crippen molar-refractivity contribution in [3.8, 4) is 6.07 Å². The van der Waals surface area contributed by atoms with Crippen molar-refractivity contribution in [1.29, 1.82) is 5.26 Å². The van der Waals surface area contributed by atoms with E-state index in [1.54, 1.807) is 23.1 Å². The number of amides is 1. The van der Waals surface area contributed by atoms with E-state index in [0.717, 1.165) is 33.3 Å². The van der Waals surface area contributed by atoms with Crippen molar-refractivity contribution < 1.29 is 4.79 Å². The molecule has 3 heterocycles. The largest absolute Gasteiger partial charge is 0.384 e. The highest BCUT2D eigenvalue weighted by Gasteiger charge is 2.15. The van der Waals surface area contributed by atoms with Gasteiger partial charge in [-0.3, -0.25) is 14.5 Å². The van der Waals surface area contributed by atoms with E-state index in [4.69, 9.17) is 11.5 Å². The topological polar surface area (TPSA) is 149 Å². The maximum Gasteiger partial charge on any atom is 0.269 e. The maximum absolute atomic E-state index is 12.0. The lowest BCUT2D eigenvalue weighted by atomic mass is 10.0. The number of fused-ring (bicyclic) bond motifs is 1. The van der Waals surface area contributed by atoms with Crippen molar-refractivity contribution in [2.24, 2.45) is 5.73 Å². The second kappa shape index (κ2) is 9.29. The van der Waals surface area contributed by atoms with Gasteiger partial charge in [0.2, 0.25) is 0 Å². The van der Waals surface area contributed by atoms with Gasteiger partial charge in [-0.15, -0.1) is 0 Å². The molecule has 9 nitrogen and oxygen atoms in total. The van der Waals surface area contributed by atoms with Crippen LogP contribution in [0.2, 0.25) is 0 Å². The second-order valence-electron chi connectivity index (χ2n) is 8.44. The lowest BCUT2D eigenvalue weighted by Crippen LogP contribution is -2.19. The van der Waals surface area contributed by atoms with Gasteiger partial charge in [0.25, 0.3) is 5.91 Å². The predicted molar refractivity (Wildman–Crippen MR) is 130 cm³/mol. The van der Waals surface area contributed by atoms with Crippen LogP contribution in [-0.2, 0) is 19.6 Å². The third-order valence-electron chi connectivity index (χ3n) is 5.71. The fourth-order valence-electron chi connectivity index (χ4n) is 4.14. The monoisotopic (exact) mass is 454 g/mol. The Hall–Kier alpha value is -4.29. The quantitative estimate of drug-likeness (QED) is 0.389. The van der Waals surface area contributed by atoms with Crippen LogP contribution in [0.3, 0.4) is 0 Å². The minimum Gasteiger partial charge on any atom is -0.384 e. The Morgan fingerprint density at radius 1 is 1.18 bits per heavy atom. The fraction of sp³-hybridized carbons (Fsp3) is 0.240. The number of rotatable bonds is 7. The lowest BCUT2D eigenvalue weighted by Gasteiger charge is -2.11. The van der Waals surface area contributed by atoms with Crippen molar-refractivity contribution in [3.63, 3.8) is 0 Å². The number of benzene rings is 1. The van der Waals surface area contributed by atoms with E-state index in [2.05, 4.69) is 26.5 Å². The van der Waals surface area contributed by atoms with Gasteiger partial charge in [0.1, 0.15) is 11.9 Å². The zero-order valence-electron chi connectivity index (χ0n) is 19.4. The minimum atomic E-state index is -0.590. The third kappa shape index (κ3) is 4.72. The van der Waals surface area contributed by atoms with Gasteiger partial charge < -0.3 is 16.8 Å². The summed E-state index contributed by atoms with van der Waals surface area (Å²) >= 11 is 0. The van der Waals surface area contributed by atoms with Crippen LogP contribution in [0.5, 0.6) is 0 Å². The van der Waals surface area contributed by atoms with E-state index >= 15 is 0 Å². The normalized spacial score (nSPS) is 11.0. The SMILES string of the molecule is Cc1cnc2c(C#N)cc(Cn3cc(CNCc4c(C)cc(N)nc4C)c(C(N)=O)n3)cc2c1. The number of hydrogen-bond acceptors (Lipinski definition) is 7. The Bertz CT molecular complexity index is 1420. The Morgan fingerprint density at radius 2 is 1.97 bits per heavy atom. The molecule has 0 saturated heterocycles. The molecule has 5 N–H and O–H groups in total. The van der Waals surface area contributed by atoms with Crippen LogP contribution in [-0.4, -0.2) is 25.7 Å². The van der Waals surface area contributed by atoms with E-state index in [1.165, 1.54) is 0 Å². The number of nitriles is 1. The summed E-state index contributed by atoms with van der Waals surface area (Å²) in [6.07, 6.45) is 3.55. The Kier molecular flexibility index (Phi) is 6.25. The molecule has 0 saturated carbocycles. The molecule has 3 aromatic heterocycles. The van der Waals surface area contributed by atoms with E-state index < -0.39 is 5.91 Å². The van der Waals surface area contributed by atoms with E-state index in [-0.39, 0.29) is 5.69 Å². The molecule has 0 fully saturated rings. The first-order chi connectivity index (χ1) is 16.2. The zero-order valence-corrected chi connectivity index (χ0v) is 19.4. The molecule has 0 bridgehead atoms. The number of carbonyl (C=O) groups excluding carboxylic acids is 1. The Labute approximate surface area is 197 Å². The average Bonchev–Trinajstić information content (AvgIpc) is 3.17. The zero-order chi connectivity index (χ0) is 24.4. The first-order valence-corrected chi connectivity index (χ1v) is 10.8. The number of nitrogen functional groups attached to an aromatic ring is 1. The number of aromatic nitrogens is 4. The minimum absolute atomic E-state index is 0.218. The molecule has 0 spiro atoms. The summed E-state index contributed by atoms with van der Waals surface area (Å²) in [5, 5.41) is 18.2. The van der Waals surface area contributed by atoms with Gasteiger partial charge in [-0.1, -0.05) is 0 Å². The number of nitrogens with two attached hydrogens (primary N) is 2. The summed E-state index contributed by atoms with van der Waals surface area (Å²) in [6.45, 7) is 7.23. The highest BCUT2D eigenvalue weighted by molar-refractivity contribution is 5.92. The van der Waals surface area contributed by atoms with Gasteiger partial charge >= 0.3 is 0 Å². The second-order valence-corrected chi connectivity index (χ2v) is 8.44. The number of nitrogens with one attached hydrogen (secondary N) is 1. The van der Waals surface area contributed by atoms with Crippen LogP contribution in [0.15, 0.2) is 36.7 Å². The highest BCUT2D eigenvalue weighted by atomic mass is 16.1. The molecular weight excluding hydrogens is 428 g/mol. The fourth-order valence-corrected chi connectivity index (χ4v) is 4.14. The maximum atomic E-state index is 12.0. The summed E-state index contributed by atoms with van der Waals surface area (Å²) in [4.78, 5) is 20.7. The van der Waals surface area contributed by atoms with Crippen molar-refractivity contribution in [2.75, 3.05) is 5.73 Å². The molecular formula is C25H26N8O. The molecule has 0 atom stereocenters. The standard InChI is InChI=1S/C25H26N8O/c1-14-4-18-6-17(7-19(8-26)23(18)30-9-14)12-33-13-20(24(32-33)25(28)34)10-29-11-21-15(2)5-22(27)31-16(21)3/h4-7,9,13,29H,10-12H2,1-3H3,(H2,27,31)(H2,28,34). The van der Waals surface area contributed by atoms with Crippen molar-refractivity contribution in [1.82, 2.24) is 25.1 Å². The van der Waals surface area contributed by atoms with E-state index in [1.807, 2.05) is 39.0 Å². The Balaban J connectivity index is 1.56. The first kappa shape index (κ1) is 22.9. The summed E-state index contributed by atoms with van der Waals surface area (Å²) in [5.41, 5.74) is 18.4. The van der Waals surface area contributed by atoms with Crippen LogP contribution in [0.1, 0.15) is 49.6 Å². The molecule has 34 heavy (non-hydrogen) atoms. The molecule has 9 heteroatoms. The van der Waals surface area contributed by atoms with Crippen LogP contribution >= 0.6 is 0 Å². The van der Waals surface area contributed by atoms with Crippen LogP contribution < -0.4 is 16.8 Å². The molecule has 0 unspecified atom stereocenters. The van der Waals surface area contributed by atoms with Gasteiger partial charge in [0.05, 0.1) is 17.6 Å². The summed E-state index contributed by atoms with van der Waals surface area (Å²) in [7, 11) is 0. The lowest BCUT2D eigenvalue weighted by molar-refractivity contribution is 0.0993. The smallest absolute Gasteiger partial charge is 0.269 e. The van der Waals surface area contributed by atoms with Crippen LogP contribution in [0, 0.1) is 32.1 Å². The average molecular weight is 455 g/mol. The molecule has 1 aromatic carbocycles. The number of aryl methyl sites for hydroxylation is 3. The molecule has 0 aliphatic heterocycles. The van der Waals surface area contributed by atoms with Crippen LogP contribution in [0.25, 0.3) is 10.9 Å². The number of pyridine rings is 2. The molecule has 0 aliphatic rings. The van der Waals surface area contributed by atoms with E-state index in [9.17, 15) is 10.1 Å². The Morgan fingerprint density at radius 3 is 2.68 bits per heavy atom. The van der Waals surface area contributed by atoms with E-state index in [0.29, 0.717) is 42.1 Å². The molecule has 172 valence electrons. The number of anilines is 1. The molecule has 4 aromatic rings. The number of primary amides is 1. The van der Waals surface area contributed by atoms with Crippen molar-refractivity contribution in [2.45, 2.75) is 40.4 Å². The van der Waals surface area contributed by atoms with Crippen molar-refractivity contribution in [3.05, 3.63) is 81.4 Å². The van der Waals surface area contributed by atoms with Gasteiger partial charge in [-0.25, -0.2) is 4.98 Å². The van der Waals surface area contributed by atoms with Gasteiger partial charge in [0.15, 0.2) is 5.69 Å². The number of hydrogen-bond donors (Lipinski definition) is 3. The van der Waals surface area contributed by atoms with Crippen molar-refractivity contribution >= 4 is 22.6 Å². The van der Waals surface area contributed by atoms with Gasteiger partial charge in [0, 0.05) is 42.1 Å². The molecule has 0 radical (unpaired) electrons. The molecule has 0 aliphatic carbocycles. The highest BCUT2D eigenvalue weighted by Crippen LogP contribution is 2.21. The number of carbonyl (C=O) groups is 1. The summed E-state index contributed by atoms with van der Waals surface area (Å²) < 4.78 is 1.67. The molecule has 1 amide bonds. The van der Waals surface area contributed by atoms with Gasteiger partial charge in [-0.05, 0) is 67.3 Å². The third-order valence-corrected chi connectivity index (χ3v) is 5.71. The predicted octanol–water partition coefficient (Wildman–Crippen LogP) is 2.64. The van der Waals surface area contributed by atoms with Gasteiger partial charge in [-0.2, -0.15) is 10.4 Å². The summed E-state index contributed by atoms with van der Waals surface area (Å²) in [6, 6.07) is 9.84. The van der Waals surface area contributed by atoms with Crippen LogP contribution in [0.4, 0.5) is 5.82 Å².